The van der Waals surface area contributed by atoms with Crippen molar-refractivity contribution in [1.82, 2.24) is 4.90 Å². The van der Waals surface area contributed by atoms with E-state index in [0.717, 1.165) is 6.42 Å². The number of ether oxygens (including phenoxy) is 1. The lowest BCUT2D eigenvalue weighted by molar-refractivity contribution is 0.0304. The Balaban J connectivity index is 1.94. The predicted octanol–water partition coefficient (Wildman–Crippen LogP) is 2.93. The van der Waals surface area contributed by atoms with Crippen LogP contribution in [0.3, 0.4) is 0 Å². The summed E-state index contributed by atoms with van der Waals surface area (Å²) in [5.41, 5.74) is 6.70. The molecule has 1 amide bonds. The first-order valence-corrected chi connectivity index (χ1v) is 8.29. The quantitative estimate of drug-likeness (QED) is 0.821. The van der Waals surface area contributed by atoms with Crippen LogP contribution in [-0.2, 0) is 11.2 Å². The van der Waals surface area contributed by atoms with Gasteiger partial charge in [0.25, 0.3) is 5.91 Å². The summed E-state index contributed by atoms with van der Waals surface area (Å²) < 4.78 is 5.27. The summed E-state index contributed by atoms with van der Waals surface area (Å²) in [6.07, 6.45) is 5.99. The molecular formula is C15H24N2O2S. The second kappa shape index (κ2) is 7.64. The van der Waals surface area contributed by atoms with E-state index in [4.69, 9.17) is 10.5 Å². The molecule has 20 heavy (non-hydrogen) atoms. The maximum Gasteiger partial charge on any atom is 0.257 e. The van der Waals surface area contributed by atoms with Crippen LogP contribution in [0.25, 0.3) is 0 Å². The number of carbonyl (C=O) groups is 1. The molecule has 2 N–H and O–H groups in total. The summed E-state index contributed by atoms with van der Waals surface area (Å²) in [7, 11) is 0. The van der Waals surface area contributed by atoms with Crippen molar-refractivity contribution < 1.29 is 9.53 Å². The van der Waals surface area contributed by atoms with Crippen LogP contribution in [0.5, 0.6) is 0 Å². The van der Waals surface area contributed by atoms with Gasteiger partial charge in [0.05, 0.1) is 23.8 Å². The summed E-state index contributed by atoms with van der Waals surface area (Å²) >= 11 is 1.56. The van der Waals surface area contributed by atoms with E-state index in [2.05, 4.69) is 6.92 Å². The van der Waals surface area contributed by atoms with Crippen LogP contribution in [0, 0.1) is 0 Å². The van der Waals surface area contributed by atoms with Gasteiger partial charge in [-0.25, -0.2) is 0 Å². The Hall–Kier alpha value is -1.07. The first-order valence-electron chi connectivity index (χ1n) is 7.47. The first-order chi connectivity index (χ1) is 9.72. The van der Waals surface area contributed by atoms with E-state index in [1.807, 2.05) is 11.0 Å². The molecule has 4 nitrogen and oxygen atoms in total. The third-order valence-corrected chi connectivity index (χ3v) is 4.64. The molecule has 5 heteroatoms. The Bertz CT molecular complexity index is 439. The average molecular weight is 296 g/mol. The van der Waals surface area contributed by atoms with Gasteiger partial charge < -0.3 is 15.4 Å². The molecule has 1 aromatic rings. The fourth-order valence-corrected chi connectivity index (χ4v) is 3.37. The molecule has 2 heterocycles. The Labute approximate surface area is 124 Å². The van der Waals surface area contributed by atoms with E-state index in [1.54, 1.807) is 11.3 Å². The number of nitrogens with zero attached hydrogens (tertiary/aromatic N) is 1. The van der Waals surface area contributed by atoms with Gasteiger partial charge in [-0.2, -0.15) is 0 Å². The fraction of sp³-hybridized carbons (Fsp3) is 0.667. The Morgan fingerprint density at radius 2 is 2.10 bits per heavy atom. The fourth-order valence-electron chi connectivity index (χ4n) is 2.41. The van der Waals surface area contributed by atoms with Crippen molar-refractivity contribution in [3.63, 3.8) is 0 Å². The number of amides is 1. The molecule has 1 aliphatic rings. The molecule has 0 radical (unpaired) electrons. The number of nitrogens with two attached hydrogens (primary N) is 1. The maximum atomic E-state index is 12.4. The third kappa shape index (κ3) is 3.96. The summed E-state index contributed by atoms with van der Waals surface area (Å²) in [4.78, 5) is 15.5. The first kappa shape index (κ1) is 15.3. The van der Waals surface area contributed by atoms with E-state index in [1.165, 1.54) is 30.6 Å². The largest absolute Gasteiger partial charge is 0.390 e. The van der Waals surface area contributed by atoms with Gasteiger partial charge in [0.1, 0.15) is 0 Å². The summed E-state index contributed by atoms with van der Waals surface area (Å²) in [5.74, 6) is 0.0573. The SMILES string of the molecule is CCCCCCc1cc(C(=O)N2CCOCC2)c(N)s1. The molecule has 112 valence electrons. The van der Waals surface area contributed by atoms with Gasteiger partial charge in [0.15, 0.2) is 0 Å². The second-order valence-corrected chi connectivity index (χ2v) is 6.37. The van der Waals surface area contributed by atoms with Crippen LogP contribution < -0.4 is 5.73 Å². The van der Waals surface area contributed by atoms with Crippen molar-refractivity contribution in [2.24, 2.45) is 0 Å². The van der Waals surface area contributed by atoms with Crippen molar-refractivity contribution in [1.29, 1.82) is 0 Å². The lowest BCUT2D eigenvalue weighted by Crippen LogP contribution is -2.40. The minimum atomic E-state index is 0.0573. The molecule has 1 fully saturated rings. The molecular weight excluding hydrogens is 272 g/mol. The Kier molecular flexibility index (Phi) is 5.86. The maximum absolute atomic E-state index is 12.4. The normalized spacial score (nSPS) is 15.6. The van der Waals surface area contributed by atoms with E-state index >= 15 is 0 Å². The van der Waals surface area contributed by atoms with Gasteiger partial charge in [-0.15, -0.1) is 11.3 Å². The predicted molar refractivity (Wildman–Crippen MR) is 83.3 cm³/mol. The lowest BCUT2D eigenvalue weighted by atomic mass is 10.1. The lowest BCUT2D eigenvalue weighted by Gasteiger charge is -2.26. The van der Waals surface area contributed by atoms with Crippen LogP contribution in [0.4, 0.5) is 5.00 Å². The molecule has 0 spiro atoms. The second-order valence-electron chi connectivity index (χ2n) is 5.21. The zero-order valence-corrected chi connectivity index (χ0v) is 13.0. The van der Waals surface area contributed by atoms with Crippen molar-refractivity contribution in [3.8, 4) is 0 Å². The molecule has 0 bridgehead atoms. The Morgan fingerprint density at radius 1 is 1.35 bits per heavy atom. The van der Waals surface area contributed by atoms with Crippen LogP contribution in [0.1, 0.15) is 47.8 Å². The monoisotopic (exact) mass is 296 g/mol. The van der Waals surface area contributed by atoms with Crippen LogP contribution >= 0.6 is 11.3 Å². The van der Waals surface area contributed by atoms with Gasteiger partial charge in [-0.1, -0.05) is 26.2 Å². The molecule has 0 atom stereocenters. The number of aryl methyl sites for hydroxylation is 1. The highest BCUT2D eigenvalue weighted by atomic mass is 32.1. The summed E-state index contributed by atoms with van der Waals surface area (Å²) in [6, 6.07) is 1.99. The minimum Gasteiger partial charge on any atom is -0.390 e. The standard InChI is InChI=1S/C15H24N2O2S/c1-2-3-4-5-6-12-11-13(14(16)20-12)15(18)17-7-9-19-10-8-17/h11H,2-10,16H2,1H3. The summed E-state index contributed by atoms with van der Waals surface area (Å²) in [5, 5.41) is 0.659. The molecule has 1 aromatic heterocycles. The van der Waals surface area contributed by atoms with Crippen molar-refractivity contribution in [2.45, 2.75) is 39.0 Å². The van der Waals surface area contributed by atoms with Crippen LogP contribution in [0.2, 0.25) is 0 Å². The molecule has 2 rings (SSSR count). The van der Waals surface area contributed by atoms with E-state index < -0.39 is 0 Å². The van der Waals surface area contributed by atoms with Crippen LogP contribution in [0.15, 0.2) is 6.07 Å². The van der Waals surface area contributed by atoms with E-state index in [0.29, 0.717) is 36.9 Å². The molecule has 0 aromatic carbocycles. The van der Waals surface area contributed by atoms with E-state index in [-0.39, 0.29) is 5.91 Å². The molecule has 0 aliphatic carbocycles. The highest BCUT2D eigenvalue weighted by Crippen LogP contribution is 2.28. The zero-order valence-electron chi connectivity index (χ0n) is 12.2. The molecule has 1 aliphatic heterocycles. The number of carbonyl (C=O) groups excluding carboxylic acids is 1. The molecule has 0 saturated carbocycles. The summed E-state index contributed by atoms with van der Waals surface area (Å²) in [6.45, 7) is 4.79. The van der Waals surface area contributed by atoms with Gasteiger partial charge in [-0.3, -0.25) is 4.79 Å². The Morgan fingerprint density at radius 3 is 2.80 bits per heavy atom. The van der Waals surface area contributed by atoms with Crippen molar-refractivity contribution >= 4 is 22.2 Å². The van der Waals surface area contributed by atoms with Crippen molar-refractivity contribution in [2.75, 3.05) is 32.0 Å². The average Bonchev–Trinajstić information content (AvgIpc) is 2.85. The number of hydrogen-bond acceptors (Lipinski definition) is 4. The third-order valence-electron chi connectivity index (χ3n) is 3.62. The van der Waals surface area contributed by atoms with Gasteiger partial charge in [0.2, 0.25) is 0 Å². The highest BCUT2D eigenvalue weighted by molar-refractivity contribution is 7.16. The number of thiophene rings is 1. The zero-order chi connectivity index (χ0) is 14.4. The van der Waals surface area contributed by atoms with Gasteiger partial charge in [0, 0.05) is 18.0 Å². The number of anilines is 1. The number of hydrogen-bond donors (Lipinski definition) is 1. The molecule has 0 unspecified atom stereocenters. The molecule has 1 saturated heterocycles. The van der Waals surface area contributed by atoms with E-state index in [9.17, 15) is 4.79 Å². The topological polar surface area (TPSA) is 55.6 Å². The van der Waals surface area contributed by atoms with Crippen LogP contribution in [-0.4, -0.2) is 37.1 Å². The number of nitrogen functional groups attached to an aromatic ring is 1. The highest BCUT2D eigenvalue weighted by Gasteiger charge is 2.22. The smallest absolute Gasteiger partial charge is 0.257 e. The van der Waals surface area contributed by atoms with Crippen molar-refractivity contribution in [3.05, 3.63) is 16.5 Å². The van der Waals surface area contributed by atoms with Gasteiger partial charge >= 0.3 is 0 Å². The minimum absolute atomic E-state index is 0.0573. The van der Waals surface area contributed by atoms with Gasteiger partial charge in [-0.05, 0) is 18.9 Å². The number of unbranched alkanes of at least 4 members (excludes halogenated alkanes) is 3. The number of morpholine rings is 1. The number of rotatable bonds is 6.